The number of carboxylic acid groups (broad SMARTS) is 1. The average molecular weight is 419 g/mol. The van der Waals surface area contributed by atoms with Gasteiger partial charge in [-0.1, -0.05) is 51.8 Å². The molecule has 1 N–H and O–H groups in total. The topological polar surface area (TPSA) is 72.8 Å². The molecule has 0 aliphatic rings. The third-order valence-electron chi connectivity index (χ3n) is 4.55. The summed E-state index contributed by atoms with van der Waals surface area (Å²) >= 11 is 6.16. The summed E-state index contributed by atoms with van der Waals surface area (Å²) in [7, 11) is 0. The Hall–Kier alpha value is -2.53. The summed E-state index contributed by atoms with van der Waals surface area (Å²) in [5.74, 6) is -0.823. The number of carbonyl (C=O) groups excluding carboxylic acids is 1. The zero-order valence-electron chi connectivity index (χ0n) is 17.5. The molecule has 0 saturated heterocycles. The largest absolute Gasteiger partial charge is 0.513 e. The first-order chi connectivity index (χ1) is 13.5. The molecule has 0 atom stereocenters. The molecule has 0 aromatic heterocycles. The fraction of sp³-hybridized carbons (Fsp3) is 0.391. The highest BCUT2D eigenvalue weighted by Gasteiger charge is 2.24. The second kappa shape index (κ2) is 9.31. The number of rotatable bonds is 6. The molecule has 2 aromatic rings. The third kappa shape index (κ3) is 5.73. The van der Waals surface area contributed by atoms with Crippen LogP contribution in [0.4, 0.5) is 4.79 Å². The average Bonchev–Trinajstić information content (AvgIpc) is 2.62. The van der Waals surface area contributed by atoms with E-state index in [0.717, 1.165) is 18.4 Å². The first-order valence-electron chi connectivity index (χ1n) is 9.57. The molecule has 2 rings (SSSR count). The lowest BCUT2D eigenvalue weighted by Crippen LogP contribution is -2.15. The van der Waals surface area contributed by atoms with Crippen molar-refractivity contribution in [2.45, 2.75) is 52.9 Å². The van der Waals surface area contributed by atoms with Crippen molar-refractivity contribution in [2.75, 3.05) is 6.61 Å². The van der Waals surface area contributed by atoms with Crippen LogP contribution in [0, 0.1) is 6.92 Å². The maximum atomic E-state index is 12.2. The molecule has 5 nitrogen and oxygen atoms in total. The molecule has 0 unspecified atom stereocenters. The maximum Gasteiger partial charge on any atom is 0.513 e. The summed E-state index contributed by atoms with van der Waals surface area (Å²) in [6.45, 7) is 10.2. The van der Waals surface area contributed by atoms with Crippen molar-refractivity contribution < 1.29 is 24.2 Å². The van der Waals surface area contributed by atoms with Gasteiger partial charge in [0.25, 0.3) is 0 Å². The summed E-state index contributed by atoms with van der Waals surface area (Å²) in [4.78, 5) is 24.0. The minimum Gasteiger partial charge on any atom is -0.478 e. The van der Waals surface area contributed by atoms with Crippen LogP contribution in [0.2, 0.25) is 5.02 Å². The smallest absolute Gasteiger partial charge is 0.478 e. The van der Waals surface area contributed by atoms with E-state index in [4.69, 9.17) is 21.1 Å². The fourth-order valence-electron chi connectivity index (χ4n) is 2.88. The molecule has 0 radical (unpaired) electrons. The first-order valence-corrected chi connectivity index (χ1v) is 9.95. The molecule has 0 fully saturated rings. The summed E-state index contributed by atoms with van der Waals surface area (Å²) in [5.41, 5.74) is 2.44. The molecule has 0 spiro atoms. The standard InChI is InChI=1S/C23H27ClO5/c1-6-7-10-28-22(27)29-20-14(2)11-15(23(3,4)5)12-19(20)18-13-16(24)8-9-17(18)21(25)26/h8-9,11-13H,6-7,10H2,1-5H3,(H,25,26). The van der Waals surface area contributed by atoms with Crippen LogP contribution in [0.15, 0.2) is 30.3 Å². The molecule has 0 aliphatic carbocycles. The lowest BCUT2D eigenvalue weighted by molar-refractivity contribution is 0.0697. The van der Waals surface area contributed by atoms with Gasteiger partial charge >= 0.3 is 12.1 Å². The van der Waals surface area contributed by atoms with Crippen LogP contribution in [-0.4, -0.2) is 23.8 Å². The number of carbonyl (C=O) groups is 2. The second-order valence-corrected chi connectivity index (χ2v) is 8.41. The molecular weight excluding hydrogens is 392 g/mol. The van der Waals surface area contributed by atoms with E-state index in [2.05, 4.69) is 20.8 Å². The Balaban J connectivity index is 2.65. The van der Waals surface area contributed by atoms with Crippen molar-refractivity contribution in [1.82, 2.24) is 0 Å². The van der Waals surface area contributed by atoms with Crippen LogP contribution >= 0.6 is 11.6 Å². The van der Waals surface area contributed by atoms with E-state index >= 15 is 0 Å². The number of halogens is 1. The van der Waals surface area contributed by atoms with Gasteiger partial charge in [-0.3, -0.25) is 0 Å². The Morgan fingerprint density at radius 2 is 1.79 bits per heavy atom. The van der Waals surface area contributed by atoms with Crippen LogP contribution in [0.3, 0.4) is 0 Å². The Kier molecular flexibility index (Phi) is 7.31. The number of benzene rings is 2. The lowest BCUT2D eigenvalue weighted by atomic mass is 9.83. The second-order valence-electron chi connectivity index (χ2n) is 7.97. The van der Waals surface area contributed by atoms with Crippen molar-refractivity contribution in [3.8, 4) is 16.9 Å². The molecule has 0 amide bonds. The SMILES string of the molecule is CCCCOC(=O)Oc1c(C)cc(C(C)(C)C)cc1-c1cc(Cl)ccc1C(=O)O. The zero-order valence-corrected chi connectivity index (χ0v) is 18.2. The van der Waals surface area contributed by atoms with E-state index in [1.165, 1.54) is 12.1 Å². The Bertz CT molecular complexity index is 912. The number of unbranched alkanes of at least 4 members (excludes halogenated alkanes) is 1. The number of carboxylic acids is 1. The van der Waals surface area contributed by atoms with Gasteiger partial charge in [0.2, 0.25) is 0 Å². The highest BCUT2D eigenvalue weighted by molar-refractivity contribution is 6.31. The maximum absolute atomic E-state index is 12.2. The van der Waals surface area contributed by atoms with Gasteiger partial charge in [-0.2, -0.15) is 0 Å². The van der Waals surface area contributed by atoms with Gasteiger partial charge in [0.15, 0.2) is 0 Å². The van der Waals surface area contributed by atoms with Crippen molar-refractivity contribution in [2.24, 2.45) is 0 Å². The van der Waals surface area contributed by atoms with Crippen LogP contribution in [0.1, 0.15) is 62.0 Å². The van der Waals surface area contributed by atoms with Crippen LogP contribution in [0.5, 0.6) is 5.75 Å². The Morgan fingerprint density at radius 3 is 2.38 bits per heavy atom. The number of aromatic carboxylic acids is 1. The highest BCUT2D eigenvalue weighted by atomic mass is 35.5. The van der Waals surface area contributed by atoms with E-state index in [-0.39, 0.29) is 23.3 Å². The van der Waals surface area contributed by atoms with Crippen LogP contribution < -0.4 is 4.74 Å². The van der Waals surface area contributed by atoms with Crippen LogP contribution in [-0.2, 0) is 10.2 Å². The lowest BCUT2D eigenvalue weighted by Gasteiger charge is -2.23. The summed E-state index contributed by atoms with van der Waals surface area (Å²) in [6, 6.07) is 8.32. The molecule has 2 aromatic carbocycles. The molecule has 0 bridgehead atoms. The zero-order chi connectivity index (χ0) is 21.8. The number of ether oxygens (including phenoxy) is 2. The molecular formula is C23H27ClO5. The van der Waals surface area contributed by atoms with E-state index in [0.29, 0.717) is 21.7 Å². The monoisotopic (exact) mass is 418 g/mol. The highest BCUT2D eigenvalue weighted by Crippen LogP contribution is 2.40. The number of hydrogen-bond acceptors (Lipinski definition) is 4. The quantitative estimate of drug-likeness (QED) is 0.324. The predicted octanol–water partition coefficient (Wildman–Crippen LogP) is 6.63. The van der Waals surface area contributed by atoms with Crippen LogP contribution in [0.25, 0.3) is 11.1 Å². The van der Waals surface area contributed by atoms with Gasteiger partial charge in [0.1, 0.15) is 5.75 Å². The minimum absolute atomic E-state index is 0.0732. The van der Waals surface area contributed by atoms with Gasteiger partial charge in [-0.05, 0) is 54.2 Å². The van der Waals surface area contributed by atoms with Gasteiger partial charge in [0, 0.05) is 16.1 Å². The summed E-state index contributed by atoms with van der Waals surface area (Å²) in [5, 5.41) is 10.0. The third-order valence-corrected chi connectivity index (χ3v) is 4.78. The predicted molar refractivity (Wildman–Crippen MR) is 114 cm³/mol. The fourth-order valence-corrected chi connectivity index (χ4v) is 3.05. The first kappa shape index (κ1) is 22.8. The Morgan fingerprint density at radius 1 is 1.10 bits per heavy atom. The van der Waals surface area contributed by atoms with Crippen molar-refractivity contribution in [3.63, 3.8) is 0 Å². The molecule has 0 heterocycles. The van der Waals surface area contributed by atoms with Gasteiger partial charge in [0.05, 0.1) is 12.2 Å². The summed E-state index contributed by atoms with van der Waals surface area (Å²) in [6.07, 6.45) is 0.814. The van der Waals surface area contributed by atoms with Gasteiger partial charge in [-0.25, -0.2) is 9.59 Å². The number of aryl methyl sites for hydroxylation is 1. The van der Waals surface area contributed by atoms with Gasteiger partial charge < -0.3 is 14.6 Å². The number of hydrogen-bond donors (Lipinski definition) is 1. The minimum atomic E-state index is -1.09. The molecule has 156 valence electrons. The molecule has 0 aliphatic heterocycles. The van der Waals surface area contributed by atoms with Gasteiger partial charge in [-0.15, -0.1) is 0 Å². The molecule has 6 heteroatoms. The normalized spacial score (nSPS) is 11.2. The molecule has 29 heavy (non-hydrogen) atoms. The molecule has 0 saturated carbocycles. The van der Waals surface area contributed by atoms with Crippen molar-refractivity contribution >= 4 is 23.7 Å². The van der Waals surface area contributed by atoms with E-state index in [9.17, 15) is 14.7 Å². The van der Waals surface area contributed by atoms with E-state index in [1.54, 1.807) is 6.07 Å². The van der Waals surface area contributed by atoms with Crippen molar-refractivity contribution in [3.05, 3.63) is 52.0 Å². The van der Waals surface area contributed by atoms with E-state index in [1.807, 2.05) is 26.0 Å². The van der Waals surface area contributed by atoms with Crippen molar-refractivity contribution in [1.29, 1.82) is 0 Å². The summed E-state index contributed by atoms with van der Waals surface area (Å²) < 4.78 is 10.7. The Labute approximate surface area is 176 Å². The van der Waals surface area contributed by atoms with E-state index < -0.39 is 12.1 Å².